The van der Waals surface area contributed by atoms with Crippen molar-refractivity contribution in [2.24, 2.45) is 0 Å². The van der Waals surface area contributed by atoms with Gasteiger partial charge in [-0.15, -0.1) is 0 Å². The number of hydrogen-bond donors (Lipinski definition) is 1. The third-order valence-electron chi connectivity index (χ3n) is 4.50. The Bertz CT molecular complexity index is 446. The quantitative estimate of drug-likeness (QED) is 0.776. The van der Waals surface area contributed by atoms with E-state index in [0.29, 0.717) is 12.1 Å². The molecule has 0 aliphatic rings. The van der Waals surface area contributed by atoms with Crippen molar-refractivity contribution in [2.45, 2.75) is 52.6 Å². The molecule has 0 spiro atoms. The Hall–Kier alpha value is -1.00. The zero-order chi connectivity index (χ0) is 16.0. The van der Waals surface area contributed by atoms with Gasteiger partial charge < -0.3 is 5.32 Å². The van der Waals surface area contributed by atoms with Crippen molar-refractivity contribution in [2.75, 3.05) is 19.6 Å². The van der Waals surface area contributed by atoms with E-state index in [1.807, 2.05) is 6.92 Å². The van der Waals surface area contributed by atoms with Crippen molar-refractivity contribution >= 4 is 0 Å². The summed E-state index contributed by atoms with van der Waals surface area (Å²) in [7, 11) is 0. The largest absolute Gasteiger partial charge is 0.309 e. The first-order chi connectivity index (χ1) is 9.94. The van der Waals surface area contributed by atoms with Crippen molar-refractivity contribution in [3.05, 3.63) is 35.4 Å². The molecule has 0 aromatic heterocycles. The zero-order valence-corrected chi connectivity index (χ0v) is 13.8. The van der Waals surface area contributed by atoms with Gasteiger partial charge >= 0.3 is 0 Å². The molecule has 0 aliphatic heterocycles. The Morgan fingerprint density at radius 1 is 1.14 bits per heavy atom. The summed E-state index contributed by atoms with van der Waals surface area (Å²) in [5.41, 5.74) is 0.141. The van der Waals surface area contributed by atoms with Gasteiger partial charge in [0.25, 0.3) is 0 Å². The van der Waals surface area contributed by atoms with Crippen LogP contribution in [0.4, 0.5) is 8.78 Å². The van der Waals surface area contributed by atoms with Crippen molar-refractivity contribution < 1.29 is 8.78 Å². The first-order valence-electron chi connectivity index (χ1n) is 7.87. The summed E-state index contributed by atoms with van der Waals surface area (Å²) >= 11 is 0. The monoisotopic (exact) mass is 298 g/mol. The molecule has 0 radical (unpaired) electrons. The summed E-state index contributed by atoms with van der Waals surface area (Å²) in [6.07, 6.45) is 0.850. The van der Waals surface area contributed by atoms with Crippen LogP contribution >= 0.6 is 0 Å². The molecule has 0 saturated carbocycles. The van der Waals surface area contributed by atoms with Gasteiger partial charge in [-0.1, -0.05) is 27.7 Å². The van der Waals surface area contributed by atoms with Gasteiger partial charge in [0, 0.05) is 11.1 Å². The predicted molar refractivity (Wildman–Crippen MR) is 84.4 cm³/mol. The van der Waals surface area contributed by atoms with Crippen LogP contribution in [0, 0.1) is 11.6 Å². The lowest BCUT2D eigenvalue weighted by molar-refractivity contribution is 0.0689. The second kappa shape index (κ2) is 7.85. The standard InChI is InChI=1S/C17H28F2N2/c1-6-17(5,21(8-3)9-4)16(20-7-2)14-12-13(18)10-11-15(14)19/h10-12,16,20H,6-9H2,1-5H3. The van der Waals surface area contributed by atoms with Crippen LogP contribution in [0.2, 0.25) is 0 Å². The molecule has 120 valence electrons. The van der Waals surface area contributed by atoms with E-state index in [1.165, 1.54) is 18.2 Å². The zero-order valence-electron chi connectivity index (χ0n) is 13.8. The number of likely N-dealkylation sites (N-methyl/N-ethyl adjacent to an activating group) is 2. The van der Waals surface area contributed by atoms with Gasteiger partial charge in [0.15, 0.2) is 0 Å². The van der Waals surface area contributed by atoms with Crippen molar-refractivity contribution in [1.29, 1.82) is 0 Å². The maximum Gasteiger partial charge on any atom is 0.128 e. The molecule has 1 aromatic carbocycles. The molecule has 0 saturated heterocycles. The van der Waals surface area contributed by atoms with Crippen LogP contribution in [0.1, 0.15) is 52.6 Å². The molecule has 21 heavy (non-hydrogen) atoms. The molecule has 0 bridgehead atoms. The summed E-state index contributed by atoms with van der Waals surface area (Å²) in [4.78, 5) is 2.31. The molecule has 2 nitrogen and oxygen atoms in total. The minimum absolute atomic E-state index is 0.247. The van der Waals surface area contributed by atoms with Crippen LogP contribution in [-0.2, 0) is 0 Å². The molecule has 0 amide bonds. The predicted octanol–water partition coefficient (Wildman–Crippen LogP) is 4.13. The van der Waals surface area contributed by atoms with Crippen LogP contribution in [0.25, 0.3) is 0 Å². The Morgan fingerprint density at radius 3 is 2.24 bits per heavy atom. The van der Waals surface area contributed by atoms with E-state index < -0.39 is 5.82 Å². The first-order valence-corrected chi connectivity index (χ1v) is 7.87. The molecule has 0 fully saturated rings. The van der Waals surface area contributed by atoms with E-state index in [1.54, 1.807) is 0 Å². The first kappa shape index (κ1) is 18.1. The lowest BCUT2D eigenvalue weighted by Crippen LogP contribution is -2.54. The molecule has 1 rings (SSSR count). The fourth-order valence-corrected chi connectivity index (χ4v) is 3.16. The molecule has 4 heteroatoms. The van der Waals surface area contributed by atoms with E-state index >= 15 is 0 Å². The van der Waals surface area contributed by atoms with Crippen molar-refractivity contribution in [3.63, 3.8) is 0 Å². The van der Waals surface area contributed by atoms with Gasteiger partial charge in [0.05, 0.1) is 6.04 Å². The topological polar surface area (TPSA) is 15.3 Å². The van der Waals surface area contributed by atoms with Crippen molar-refractivity contribution in [1.82, 2.24) is 10.2 Å². The number of nitrogens with one attached hydrogen (secondary N) is 1. The Morgan fingerprint density at radius 2 is 1.76 bits per heavy atom. The number of hydrogen-bond acceptors (Lipinski definition) is 2. The van der Waals surface area contributed by atoms with E-state index in [-0.39, 0.29) is 17.4 Å². The lowest BCUT2D eigenvalue weighted by atomic mass is 9.82. The molecular formula is C17H28F2N2. The third-order valence-corrected chi connectivity index (χ3v) is 4.50. The SMILES string of the molecule is CCNC(c1cc(F)ccc1F)C(C)(CC)N(CC)CC. The second-order valence-electron chi connectivity index (χ2n) is 5.54. The van der Waals surface area contributed by atoms with E-state index in [9.17, 15) is 8.78 Å². The summed E-state index contributed by atoms with van der Waals surface area (Å²) < 4.78 is 27.9. The summed E-state index contributed by atoms with van der Waals surface area (Å²) in [5.74, 6) is -0.749. The van der Waals surface area contributed by atoms with Gasteiger partial charge in [-0.05, 0) is 51.2 Å². The Balaban J connectivity index is 3.34. The molecule has 1 aromatic rings. The molecule has 1 N–H and O–H groups in total. The maximum absolute atomic E-state index is 14.3. The van der Waals surface area contributed by atoms with E-state index in [0.717, 1.165) is 19.5 Å². The summed E-state index contributed by atoms with van der Waals surface area (Å²) in [6.45, 7) is 12.9. The maximum atomic E-state index is 14.3. The normalized spacial score (nSPS) is 16.0. The fraction of sp³-hybridized carbons (Fsp3) is 0.647. The van der Waals surface area contributed by atoms with Crippen LogP contribution in [0.15, 0.2) is 18.2 Å². The average Bonchev–Trinajstić information content (AvgIpc) is 2.48. The van der Waals surface area contributed by atoms with Crippen LogP contribution in [-0.4, -0.2) is 30.1 Å². The van der Waals surface area contributed by atoms with Gasteiger partial charge in [0.2, 0.25) is 0 Å². The lowest BCUT2D eigenvalue weighted by Gasteiger charge is -2.46. The minimum atomic E-state index is -0.396. The van der Waals surface area contributed by atoms with Gasteiger partial charge in [0.1, 0.15) is 11.6 Å². The molecule has 2 unspecified atom stereocenters. The van der Waals surface area contributed by atoms with Crippen LogP contribution in [0.5, 0.6) is 0 Å². The summed E-state index contributed by atoms with van der Waals surface area (Å²) in [5, 5.41) is 3.36. The number of halogens is 2. The highest BCUT2D eigenvalue weighted by atomic mass is 19.1. The molecule has 2 atom stereocenters. The number of benzene rings is 1. The smallest absolute Gasteiger partial charge is 0.128 e. The Labute approximate surface area is 127 Å². The second-order valence-corrected chi connectivity index (χ2v) is 5.54. The number of rotatable bonds is 8. The van der Waals surface area contributed by atoms with Crippen molar-refractivity contribution in [3.8, 4) is 0 Å². The molecule has 0 aliphatic carbocycles. The highest BCUT2D eigenvalue weighted by molar-refractivity contribution is 5.26. The number of nitrogens with zero attached hydrogens (tertiary/aromatic N) is 1. The van der Waals surface area contributed by atoms with Gasteiger partial charge in [-0.25, -0.2) is 8.78 Å². The molecular weight excluding hydrogens is 270 g/mol. The minimum Gasteiger partial charge on any atom is -0.309 e. The van der Waals surface area contributed by atoms with E-state index in [2.05, 4.69) is 37.9 Å². The summed E-state index contributed by atoms with van der Waals surface area (Å²) in [6, 6.07) is 3.46. The van der Waals surface area contributed by atoms with Gasteiger partial charge in [-0.2, -0.15) is 0 Å². The van der Waals surface area contributed by atoms with Crippen LogP contribution < -0.4 is 5.32 Å². The van der Waals surface area contributed by atoms with Gasteiger partial charge in [-0.3, -0.25) is 4.90 Å². The third kappa shape index (κ3) is 3.80. The molecule has 0 heterocycles. The highest BCUT2D eigenvalue weighted by Crippen LogP contribution is 2.35. The van der Waals surface area contributed by atoms with Crippen LogP contribution in [0.3, 0.4) is 0 Å². The van der Waals surface area contributed by atoms with E-state index in [4.69, 9.17) is 0 Å². The average molecular weight is 298 g/mol. The fourth-order valence-electron chi connectivity index (χ4n) is 3.16. The highest BCUT2D eigenvalue weighted by Gasteiger charge is 2.38. The Kier molecular flexibility index (Phi) is 6.75.